The van der Waals surface area contributed by atoms with Crippen LogP contribution in [0.1, 0.15) is 265 Å². The molecule has 0 N–H and O–H groups in total. The fraction of sp³-hybridized carbons (Fsp3) is 0.657. The van der Waals surface area contributed by atoms with E-state index in [0.717, 1.165) is 122 Å². The Morgan fingerprint density at radius 1 is 0.288 bits per heavy atom. The Morgan fingerprint density at radius 2 is 0.548 bits per heavy atom. The fourth-order valence-corrected chi connectivity index (χ4v) is 7.93. The average molecular weight is 1010 g/mol. The maximum absolute atomic E-state index is 12.9. The Morgan fingerprint density at radius 3 is 0.904 bits per heavy atom. The van der Waals surface area contributed by atoms with Gasteiger partial charge in [-0.25, -0.2) is 0 Å². The summed E-state index contributed by atoms with van der Waals surface area (Å²) >= 11 is 0. The number of unbranched alkanes of at least 4 members (excludes halogenated alkanes) is 22. The summed E-state index contributed by atoms with van der Waals surface area (Å²) < 4.78 is 16.8. The van der Waals surface area contributed by atoms with Crippen LogP contribution in [0, 0.1) is 0 Å². The molecule has 0 fully saturated rings. The van der Waals surface area contributed by atoms with Gasteiger partial charge in [-0.1, -0.05) is 239 Å². The molecule has 73 heavy (non-hydrogen) atoms. The fourth-order valence-electron chi connectivity index (χ4n) is 7.93. The molecular weight excluding hydrogens is 901 g/mol. The Kier molecular flexibility index (Phi) is 56.9. The molecule has 1 unspecified atom stereocenters. The molecule has 6 heteroatoms. The van der Waals surface area contributed by atoms with Gasteiger partial charge in [0.1, 0.15) is 13.2 Å². The molecule has 0 aromatic heterocycles. The summed E-state index contributed by atoms with van der Waals surface area (Å²) in [5.74, 6) is -0.992. The monoisotopic (exact) mass is 1010 g/mol. The van der Waals surface area contributed by atoms with Gasteiger partial charge < -0.3 is 14.2 Å². The Labute approximate surface area is 450 Å². The summed E-state index contributed by atoms with van der Waals surface area (Å²) in [4.78, 5) is 38.2. The molecule has 0 spiro atoms. The van der Waals surface area contributed by atoms with Crippen LogP contribution in [-0.2, 0) is 28.6 Å². The molecule has 0 bridgehead atoms. The van der Waals surface area contributed by atoms with E-state index in [2.05, 4.69) is 142 Å². The van der Waals surface area contributed by atoms with Gasteiger partial charge in [-0.15, -0.1) is 0 Å². The van der Waals surface area contributed by atoms with Crippen LogP contribution in [0.3, 0.4) is 0 Å². The van der Waals surface area contributed by atoms with E-state index >= 15 is 0 Å². The first kappa shape index (κ1) is 68.8. The number of hydrogen-bond donors (Lipinski definition) is 0. The molecule has 0 aromatic carbocycles. The number of carbonyl (C=O) groups is 3. The van der Waals surface area contributed by atoms with Crippen LogP contribution in [0.5, 0.6) is 0 Å². The van der Waals surface area contributed by atoms with Crippen molar-refractivity contribution in [3.05, 3.63) is 122 Å². The van der Waals surface area contributed by atoms with Crippen molar-refractivity contribution in [3.8, 4) is 0 Å². The van der Waals surface area contributed by atoms with Gasteiger partial charge in [0.2, 0.25) is 0 Å². The van der Waals surface area contributed by atoms with Gasteiger partial charge in [-0.2, -0.15) is 0 Å². The molecule has 0 aliphatic rings. The highest BCUT2D eigenvalue weighted by molar-refractivity contribution is 5.71. The zero-order valence-electron chi connectivity index (χ0n) is 47.4. The molecule has 414 valence electrons. The molecule has 0 aliphatic carbocycles. The van der Waals surface area contributed by atoms with Gasteiger partial charge in [0.15, 0.2) is 6.10 Å². The molecule has 6 nitrogen and oxygen atoms in total. The largest absolute Gasteiger partial charge is 0.462 e. The first-order chi connectivity index (χ1) is 36.0. The minimum Gasteiger partial charge on any atom is -0.462 e. The maximum Gasteiger partial charge on any atom is 0.306 e. The second-order valence-corrected chi connectivity index (χ2v) is 19.5. The maximum atomic E-state index is 12.9. The van der Waals surface area contributed by atoms with E-state index in [-0.39, 0.29) is 37.5 Å². The van der Waals surface area contributed by atoms with E-state index in [9.17, 15) is 14.4 Å². The lowest BCUT2D eigenvalue weighted by Crippen LogP contribution is -2.30. The van der Waals surface area contributed by atoms with Crippen molar-refractivity contribution in [3.63, 3.8) is 0 Å². The molecule has 0 saturated heterocycles. The van der Waals surface area contributed by atoms with Crippen molar-refractivity contribution >= 4 is 17.9 Å². The number of hydrogen-bond acceptors (Lipinski definition) is 6. The van der Waals surface area contributed by atoms with E-state index in [4.69, 9.17) is 14.2 Å². The lowest BCUT2D eigenvalue weighted by Gasteiger charge is -2.18. The third-order valence-electron chi connectivity index (χ3n) is 12.4. The number of ether oxygens (including phenoxy) is 3. The predicted molar refractivity (Wildman–Crippen MR) is 316 cm³/mol. The van der Waals surface area contributed by atoms with Crippen LogP contribution < -0.4 is 0 Å². The van der Waals surface area contributed by atoms with Gasteiger partial charge in [0.05, 0.1) is 0 Å². The Hall–Kier alpha value is -4.19. The molecule has 0 saturated carbocycles. The van der Waals surface area contributed by atoms with Gasteiger partial charge in [0.25, 0.3) is 0 Å². The quantitative estimate of drug-likeness (QED) is 0.0261. The first-order valence-electron chi connectivity index (χ1n) is 30.0. The highest BCUT2D eigenvalue weighted by Crippen LogP contribution is 2.14. The van der Waals surface area contributed by atoms with Crippen molar-refractivity contribution in [2.24, 2.45) is 0 Å². The topological polar surface area (TPSA) is 78.9 Å². The zero-order valence-corrected chi connectivity index (χ0v) is 47.4. The van der Waals surface area contributed by atoms with E-state index in [1.54, 1.807) is 0 Å². The summed E-state index contributed by atoms with van der Waals surface area (Å²) in [7, 11) is 0. The minimum absolute atomic E-state index is 0.112. The summed E-state index contributed by atoms with van der Waals surface area (Å²) in [6.45, 7) is 6.42. The van der Waals surface area contributed by atoms with Crippen LogP contribution in [-0.4, -0.2) is 37.2 Å². The minimum atomic E-state index is -0.821. The molecule has 0 heterocycles. The number of rotatable bonds is 53. The zero-order chi connectivity index (χ0) is 52.9. The molecule has 0 rings (SSSR count). The number of esters is 3. The highest BCUT2D eigenvalue weighted by atomic mass is 16.6. The van der Waals surface area contributed by atoms with Crippen molar-refractivity contribution in [2.45, 2.75) is 271 Å². The second-order valence-electron chi connectivity index (χ2n) is 19.5. The third kappa shape index (κ3) is 58.6. The van der Waals surface area contributed by atoms with Crippen molar-refractivity contribution in [2.75, 3.05) is 13.2 Å². The van der Waals surface area contributed by atoms with Crippen LogP contribution in [0.2, 0.25) is 0 Å². The Bertz CT molecular complexity index is 1540. The van der Waals surface area contributed by atoms with Crippen molar-refractivity contribution < 1.29 is 28.6 Å². The van der Waals surface area contributed by atoms with E-state index in [0.29, 0.717) is 19.3 Å². The van der Waals surface area contributed by atoms with Gasteiger partial charge in [-0.05, 0) is 128 Å². The van der Waals surface area contributed by atoms with Gasteiger partial charge in [0, 0.05) is 19.3 Å². The molecule has 0 radical (unpaired) electrons. The van der Waals surface area contributed by atoms with Gasteiger partial charge in [-0.3, -0.25) is 14.4 Å². The standard InChI is InChI=1S/C67H110O6/c1-4-7-10-13-16-19-22-25-28-30-31-32-33-34-35-37-39-42-45-48-51-54-57-60-66(69)72-63-64(62-71-65(68)59-56-53-50-47-44-41-38-27-24-21-18-15-12-9-6-3)73-67(70)61-58-55-52-49-46-43-40-36-29-26-23-20-17-14-11-8-5-2/h8,11,17-18,20-22,25-27,29-31,33-34,38,40,43,49,52,64H,4-7,9-10,12-16,19,23-24,28,32,35-37,39,41-42,44-48,50-51,53-63H2,1-3H3/b11-8-,20-17-,21-18-,25-22-,29-26-,31-30-,34-33-,38-27-,43-40-,52-49-. The van der Waals surface area contributed by atoms with Crippen LogP contribution >= 0.6 is 0 Å². The third-order valence-corrected chi connectivity index (χ3v) is 12.4. The molecule has 0 amide bonds. The first-order valence-corrected chi connectivity index (χ1v) is 30.0. The van der Waals surface area contributed by atoms with E-state index in [1.807, 2.05) is 0 Å². The second kappa shape index (κ2) is 60.4. The summed E-state index contributed by atoms with van der Waals surface area (Å²) in [6.07, 6.45) is 83.4. The number of allylic oxidation sites excluding steroid dienone is 20. The molecule has 0 aliphatic heterocycles. The van der Waals surface area contributed by atoms with E-state index < -0.39 is 6.10 Å². The molecule has 1 atom stereocenters. The highest BCUT2D eigenvalue weighted by Gasteiger charge is 2.19. The summed E-state index contributed by atoms with van der Waals surface area (Å²) in [6, 6.07) is 0. The van der Waals surface area contributed by atoms with Crippen LogP contribution in [0.4, 0.5) is 0 Å². The number of carbonyl (C=O) groups excluding carboxylic acids is 3. The Balaban J connectivity index is 4.48. The van der Waals surface area contributed by atoms with E-state index in [1.165, 1.54) is 96.3 Å². The lowest BCUT2D eigenvalue weighted by atomic mass is 10.1. The van der Waals surface area contributed by atoms with Crippen molar-refractivity contribution in [1.29, 1.82) is 0 Å². The molecular formula is C67H110O6. The lowest BCUT2D eigenvalue weighted by molar-refractivity contribution is -0.167. The average Bonchev–Trinajstić information content (AvgIpc) is 3.39. The van der Waals surface area contributed by atoms with Crippen molar-refractivity contribution in [1.82, 2.24) is 0 Å². The molecule has 0 aromatic rings. The van der Waals surface area contributed by atoms with Gasteiger partial charge >= 0.3 is 17.9 Å². The summed E-state index contributed by atoms with van der Waals surface area (Å²) in [5.41, 5.74) is 0. The normalized spacial score (nSPS) is 13.0. The summed E-state index contributed by atoms with van der Waals surface area (Å²) in [5, 5.41) is 0. The SMILES string of the molecule is CC/C=C\C/C=C\C/C=C\C/C=C\C/C=C\CCCC(=O)OC(COC(=O)CCCCCCC/C=C\C/C=C\CCCCC)COC(=O)CCCCCCCCCC/C=C\C/C=C\C/C=C\CCCCCCC. The predicted octanol–water partition coefficient (Wildman–Crippen LogP) is 20.4. The van der Waals surface area contributed by atoms with Crippen LogP contribution in [0.25, 0.3) is 0 Å². The van der Waals surface area contributed by atoms with Crippen LogP contribution in [0.15, 0.2) is 122 Å². The smallest absolute Gasteiger partial charge is 0.306 e.